The number of hydrogen-bond acceptors (Lipinski definition) is 4. The van der Waals surface area contributed by atoms with Crippen molar-refractivity contribution in [1.82, 2.24) is 14.5 Å². The molecule has 0 fully saturated rings. The molecule has 0 saturated carbocycles. The molecular formula is C10H12ClN3O3S. The van der Waals surface area contributed by atoms with Crippen molar-refractivity contribution in [2.24, 2.45) is 7.05 Å². The molecule has 0 unspecified atom stereocenters. The lowest BCUT2D eigenvalue weighted by molar-refractivity contribution is 0.498. The maximum atomic E-state index is 12.1. The van der Waals surface area contributed by atoms with Crippen molar-refractivity contribution in [1.29, 1.82) is 0 Å². The second-order valence-corrected chi connectivity index (χ2v) is 5.79. The highest BCUT2D eigenvalue weighted by atomic mass is 35.5. The molecule has 98 valence electrons. The molecule has 1 N–H and O–H groups in total. The standard InChI is InChI=1S/C10H12ClN3O3S/c1-7-9(10(11)14(2)13-7)18(15,16)12-6-8-4-3-5-17-8/h3-5,12H,6H2,1-2H3. The van der Waals surface area contributed by atoms with Crippen LogP contribution in [-0.4, -0.2) is 18.2 Å². The first-order chi connectivity index (χ1) is 8.42. The Balaban J connectivity index is 2.26. The second kappa shape index (κ2) is 4.75. The molecule has 0 saturated heterocycles. The Kier molecular flexibility index (Phi) is 3.47. The van der Waals surface area contributed by atoms with Gasteiger partial charge in [-0.15, -0.1) is 0 Å². The maximum Gasteiger partial charge on any atom is 0.245 e. The predicted molar refractivity (Wildman–Crippen MR) is 65.7 cm³/mol. The molecule has 0 aliphatic carbocycles. The zero-order chi connectivity index (χ0) is 13.3. The van der Waals surface area contributed by atoms with Crippen molar-refractivity contribution >= 4 is 21.6 Å². The molecule has 0 bridgehead atoms. The Labute approximate surface area is 110 Å². The largest absolute Gasteiger partial charge is 0.468 e. The predicted octanol–water partition coefficient (Wildman–Crippen LogP) is 1.45. The van der Waals surface area contributed by atoms with Gasteiger partial charge >= 0.3 is 0 Å². The van der Waals surface area contributed by atoms with Gasteiger partial charge in [-0.2, -0.15) is 5.10 Å². The maximum absolute atomic E-state index is 12.1. The van der Waals surface area contributed by atoms with Crippen LogP contribution in [0.15, 0.2) is 27.7 Å². The van der Waals surface area contributed by atoms with Crippen LogP contribution in [0.3, 0.4) is 0 Å². The molecule has 0 aliphatic heterocycles. The second-order valence-electron chi connectivity index (χ2n) is 3.73. The summed E-state index contributed by atoms with van der Waals surface area (Å²) in [6.45, 7) is 1.66. The number of nitrogens with zero attached hydrogens (tertiary/aromatic N) is 2. The molecule has 0 aromatic carbocycles. The van der Waals surface area contributed by atoms with E-state index in [9.17, 15) is 8.42 Å². The fourth-order valence-corrected chi connectivity index (χ4v) is 3.31. The molecule has 2 aromatic heterocycles. The number of furan rings is 1. The summed E-state index contributed by atoms with van der Waals surface area (Å²) in [5, 5.41) is 4.05. The zero-order valence-corrected chi connectivity index (χ0v) is 11.4. The molecule has 2 rings (SSSR count). The van der Waals surface area contributed by atoms with Crippen LogP contribution in [0, 0.1) is 6.92 Å². The van der Waals surface area contributed by atoms with Gasteiger partial charge in [0.15, 0.2) is 0 Å². The van der Waals surface area contributed by atoms with Crippen LogP contribution in [0.1, 0.15) is 11.5 Å². The van der Waals surface area contributed by atoms with Crippen LogP contribution in [0.2, 0.25) is 5.15 Å². The smallest absolute Gasteiger partial charge is 0.245 e. The quantitative estimate of drug-likeness (QED) is 0.924. The Morgan fingerprint density at radius 1 is 1.56 bits per heavy atom. The van der Waals surface area contributed by atoms with Gasteiger partial charge in [-0.3, -0.25) is 4.68 Å². The van der Waals surface area contributed by atoms with Gasteiger partial charge in [0.2, 0.25) is 10.0 Å². The van der Waals surface area contributed by atoms with E-state index in [-0.39, 0.29) is 16.6 Å². The van der Waals surface area contributed by atoms with E-state index in [1.54, 1.807) is 26.1 Å². The average molecular weight is 290 g/mol. The van der Waals surface area contributed by atoms with Crippen LogP contribution in [0.4, 0.5) is 0 Å². The molecule has 6 nitrogen and oxygen atoms in total. The normalized spacial score (nSPS) is 11.9. The molecule has 0 aliphatic rings. The van der Waals surface area contributed by atoms with Gasteiger partial charge in [0.25, 0.3) is 0 Å². The fourth-order valence-electron chi connectivity index (χ4n) is 1.57. The lowest BCUT2D eigenvalue weighted by Gasteiger charge is -2.04. The summed E-state index contributed by atoms with van der Waals surface area (Å²) in [5.41, 5.74) is 0.356. The van der Waals surface area contributed by atoms with Crippen LogP contribution >= 0.6 is 11.6 Å². The van der Waals surface area contributed by atoms with E-state index >= 15 is 0 Å². The van der Waals surface area contributed by atoms with Crippen molar-refractivity contribution in [3.8, 4) is 0 Å². The summed E-state index contributed by atoms with van der Waals surface area (Å²) in [5.74, 6) is 0.524. The first-order valence-electron chi connectivity index (χ1n) is 5.13. The summed E-state index contributed by atoms with van der Waals surface area (Å²) < 4.78 is 33.0. The van der Waals surface area contributed by atoms with Gasteiger partial charge in [-0.05, 0) is 19.1 Å². The van der Waals surface area contributed by atoms with E-state index in [1.807, 2.05) is 0 Å². The summed E-state index contributed by atoms with van der Waals surface area (Å²) in [6.07, 6.45) is 1.48. The third-order valence-electron chi connectivity index (χ3n) is 2.39. The number of nitrogens with one attached hydrogen (secondary N) is 1. The third-order valence-corrected chi connectivity index (χ3v) is 4.48. The number of aromatic nitrogens is 2. The Morgan fingerprint density at radius 3 is 2.78 bits per heavy atom. The number of halogens is 1. The third kappa shape index (κ3) is 2.43. The Hall–Kier alpha value is -1.31. The first kappa shape index (κ1) is 13.1. The number of hydrogen-bond donors (Lipinski definition) is 1. The van der Waals surface area contributed by atoms with Crippen LogP contribution in [0.5, 0.6) is 0 Å². The average Bonchev–Trinajstić information content (AvgIpc) is 2.86. The van der Waals surface area contributed by atoms with Crippen molar-refractivity contribution in [3.05, 3.63) is 35.0 Å². The number of sulfonamides is 1. The van der Waals surface area contributed by atoms with Gasteiger partial charge in [-0.1, -0.05) is 11.6 Å². The van der Waals surface area contributed by atoms with Crippen molar-refractivity contribution in [2.75, 3.05) is 0 Å². The zero-order valence-electron chi connectivity index (χ0n) is 9.84. The molecule has 0 radical (unpaired) electrons. The Bertz CT molecular complexity index is 646. The van der Waals surface area contributed by atoms with E-state index in [0.29, 0.717) is 11.5 Å². The first-order valence-corrected chi connectivity index (χ1v) is 6.99. The van der Waals surface area contributed by atoms with Crippen LogP contribution in [0.25, 0.3) is 0 Å². The molecule has 2 aromatic rings. The molecule has 0 atom stereocenters. The molecule has 18 heavy (non-hydrogen) atoms. The minimum atomic E-state index is -3.70. The summed E-state index contributed by atoms with van der Waals surface area (Å²) >= 11 is 5.92. The van der Waals surface area contributed by atoms with Crippen molar-refractivity contribution < 1.29 is 12.8 Å². The molecule has 8 heteroatoms. The lowest BCUT2D eigenvalue weighted by atomic mass is 10.5. The van der Waals surface area contributed by atoms with Gasteiger partial charge < -0.3 is 4.42 Å². The van der Waals surface area contributed by atoms with Crippen LogP contribution < -0.4 is 4.72 Å². The minimum absolute atomic E-state index is 0.00165. The van der Waals surface area contributed by atoms with E-state index < -0.39 is 10.0 Å². The highest BCUT2D eigenvalue weighted by molar-refractivity contribution is 7.89. The SMILES string of the molecule is Cc1nn(C)c(Cl)c1S(=O)(=O)NCc1ccco1. The topological polar surface area (TPSA) is 77.1 Å². The monoisotopic (exact) mass is 289 g/mol. The highest BCUT2D eigenvalue weighted by Gasteiger charge is 2.24. The summed E-state index contributed by atoms with van der Waals surface area (Å²) in [7, 11) is -2.12. The summed E-state index contributed by atoms with van der Waals surface area (Å²) in [4.78, 5) is -0.00165. The van der Waals surface area contributed by atoms with Crippen molar-refractivity contribution in [3.63, 3.8) is 0 Å². The number of aryl methyl sites for hydroxylation is 2. The van der Waals surface area contributed by atoms with Gasteiger partial charge in [0, 0.05) is 7.05 Å². The highest BCUT2D eigenvalue weighted by Crippen LogP contribution is 2.23. The van der Waals surface area contributed by atoms with Gasteiger partial charge in [-0.25, -0.2) is 13.1 Å². The van der Waals surface area contributed by atoms with E-state index in [2.05, 4.69) is 9.82 Å². The van der Waals surface area contributed by atoms with E-state index in [1.165, 1.54) is 10.9 Å². The minimum Gasteiger partial charge on any atom is -0.468 e. The molecule has 0 spiro atoms. The molecule has 0 amide bonds. The lowest BCUT2D eigenvalue weighted by Crippen LogP contribution is -2.23. The Morgan fingerprint density at radius 2 is 2.28 bits per heavy atom. The number of rotatable bonds is 4. The van der Waals surface area contributed by atoms with Crippen molar-refractivity contribution in [2.45, 2.75) is 18.4 Å². The van der Waals surface area contributed by atoms with E-state index in [4.69, 9.17) is 16.0 Å². The van der Waals surface area contributed by atoms with E-state index in [0.717, 1.165) is 0 Å². The molecule has 2 heterocycles. The van der Waals surface area contributed by atoms with Gasteiger partial charge in [0.1, 0.15) is 15.8 Å². The summed E-state index contributed by atoms with van der Waals surface area (Å²) in [6, 6.07) is 3.37. The molecular weight excluding hydrogens is 278 g/mol. The fraction of sp³-hybridized carbons (Fsp3) is 0.300. The van der Waals surface area contributed by atoms with Gasteiger partial charge in [0.05, 0.1) is 18.5 Å². The van der Waals surface area contributed by atoms with Crippen LogP contribution in [-0.2, 0) is 23.6 Å².